The molecule has 0 aliphatic carbocycles. The molecule has 1 aliphatic rings. The van der Waals surface area contributed by atoms with Gasteiger partial charge in [0.2, 0.25) is 0 Å². The Bertz CT molecular complexity index is 169. The Hall–Kier alpha value is -0.370. The minimum atomic E-state index is -0.437. The molecule has 1 fully saturated rings. The monoisotopic (exact) mass is 184 g/mol. The Labute approximate surface area is 80.7 Å². The van der Waals surface area contributed by atoms with Crippen molar-refractivity contribution in [2.75, 3.05) is 6.61 Å². The highest BCUT2D eigenvalue weighted by Gasteiger charge is 2.36. The molecule has 0 spiro atoms. The van der Waals surface area contributed by atoms with Gasteiger partial charge in [0, 0.05) is 13.0 Å². The van der Waals surface area contributed by atoms with Crippen LogP contribution in [-0.4, -0.2) is 18.0 Å². The van der Waals surface area contributed by atoms with E-state index >= 15 is 0 Å². The van der Waals surface area contributed by atoms with Gasteiger partial charge in [-0.3, -0.25) is 4.79 Å². The molecular weight excluding hydrogens is 164 g/mol. The summed E-state index contributed by atoms with van der Waals surface area (Å²) < 4.78 is 5.48. The maximum Gasteiger partial charge on any atom is 0.164 e. The van der Waals surface area contributed by atoms with Crippen LogP contribution >= 0.6 is 0 Å². The maximum absolute atomic E-state index is 11.7. The lowest BCUT2D eigenvalue weighted by Gasteiger charge is -2.21. The van der Waals surface area contributed by atoms with E-state index < -0.39 is 5.60 Å². The number of Topliss-reactive ketones (excluding diaryl/α,β-unsaturated/α-hetero) is 1. The van der Waals surface area contributed by atoms with Gasteiger partial charge in [-0.05, 0) is 26.2 Å². The van der Waals surface area contributed by atoms with E-state index in [0.717, 1.165) is 32.3 Å². The second-order valence-corrected chi connectivity index (χ2v) is 4.06. The topological polar surface area (TPSA) is 26.3 Å². The standard InChI is InChI=1S/C11H20O2/c1-3-4-5-7-10(12)11(2)8-6-9-13-11/h3-9H2,1-2H3. The number of ether oxygens (including phenoxy) is 1. The van der Waals surface area contributed by atoms with E-state index in [4.69, 9.17) is 4.74 Å². The number of carbonyl (C=O) groups is 1. The SMILES string of the molecule is CCCCCC(=O)C1(C)CCCO1. The van der Waals surface area contributed by atoms with Gasteiger partial charge in [-0.1, -0.05) is 19.8 Å². The lowest BCUT2D eigenvalue weighted by Crippen LogP contribution is -2.34. The molecule has 0 N–H and O–H groups in total. The molecule has 0 aromatic rings. The third kappa shape index (κ3) is 2.80. The van der Waals surface area contributed by atoms with Crippen molar-refractivity contribution in [1.82, 2.24) is 0 Å². The fourth-order valence-electron chi connectivity index (χ4n) is 1.80. The van der Waals surface area contributed by atoms with Gasteiger partial charge in [-0.25, -0.2) is 0 Å². The normalized spacial score (nSPS) is 27.8. The molecule has 0 aromatic carbocycles. The fourth-order valence-corrected chi connectivity index (χ4v) is 1.80. The largest absolute Gasteiger partial charge is 0.368 e. The van der Waals surface area contributed by atoms with Crippen LogP contribution in [0.15, 0.2) is 0 Å². The summed E-state index contributed by atoms with van der Waals surface area (Å²) in [5, 5.41) is 0. The number of carbonyl (C=O) groups excluding carboxylic acids is 1. The molecule has 1 unspecified atom stereocenters. The number of hydrogen-bond donors (Lipinski definition) is 0. The Morgan fingerprint density at radius 1 is 1.46 bits per heavy atom. The third-order valence-electron chi connectivity index (χ3n) is 2.82. The van der Waals surface area contributed by atoms with E-state index in [2.05, 4.69) is 6.92 Å². The van der Waals surface area contributed by atoms with Crippen LogP contribution in [0.5, 0.6) is 0 Å². The fraction of sp³-hybridized carbons (Fsp3) is 0.909. The van der Waals surface area contributed by atoms with Crippen molar-refractivity contribution in [2.45, 2.75) is 58.0 Å². The lowest BCUT2D eigenvalue weighted by atomic mass is 9.93. The summed E-state index contributed by atoms with van der Waals surface area (Å²) in [6.45, 7) is 4.85. The quantitative estimate of drug-likeness (QED) is 0.614. The Morgan fingerprint density at radius 3 is 2.77 bits per heavy atom. The van der Waals surface area contributed by atoms with Crippen molar-refractivity contribution >= 4 is 5.78 Å². The summed E-state index contributed by atoms with van der Waals surface area (Å²) in [5.41, 5.74) is -0.437. The highest BCUT2D eigenvalue weighted by molar-refractivity contribution is 5.87. The Balaban J connectivity index is 2.29. The number of ketones is 1. The Morgan fingerprint density at radius 2 is 2.23 bits per heavy atom. The smallest absolute Gasteiger partial charge is 0.164 e. The zero-order valence-corrected chi connectivity index (χ0v) is 8.77. The molecule has 0 amide bonds. The van der Waals surface area contributed by atoms with Gasteiger partial charge in [0.1, 0.15) is 5.60 Å². The van der Waals surface area contributed by atoms with Crippen LogP contribution in [0.2, 0.25) is 0 Å². The molecule has 0 saturated carbocycles. The molecule has 1 atom stereocenters. The first-order chi connectivity index (χ1) is 6.19. The molecule has 1 rings (SSSR count). The molecule has 0 bridgehead atoms. The van der Waals surface area contributed by atoms with Crippen molar-refractivity contribution < 1.29 is 9.53 Å². The van der Waals surface area contributed by atoms with Crippen LogP contribution in [0.1, 0.15) is 52.4 Å². The van der Waals surface area contributed by atoms with Gasteiger partial charge in [0.15, 0.2) is 5.78 Å². The summed E-state index contributed by atoms with van der Waals surface area (Å²) in [6.07, 6.45) is 6.00. The summed E-state index contributed by atoms with van der Waals surface area (Å²) in [6, 6.07) is 0. The van der Waals surface area contributed by atoms with E-state index in [1.807, 2.05) is 6.92 Å². The zero-order chi connectivity index (χ0) is 9.73. The summed E-state index contributed by atoms with van der Waals surface area (Å²) in [7, 11) is 0. The molecule has 1 aliphatic heterocycles. The molecule has 0 aromatic heterocycles. The minimum Gasteiger partial charge on any atom is -0.368 e. The van der Waals surface area contributed by atoms with Gasteiger partial charge in [0.25, 0.3) is 0 Å². The first-order valence-corrected chi connectivity index (χ1v) is 5.36. The van der Waals surface area contributed by atoms with Gasteiger partial charge in [-0.15, -0.1) is 0 Å². The van der Waals surface area contributed by atoms with Crippen molar-refractivity contribution in [2.24, 2.45) is 0 Å². The van der Waals surface area contributed by atoms with Crippen molar-refractivity contribution in [3.63, 3.8) is 0 Å². The number of unbranched alkanes of at least 4 members (excludes halogenated alkanes) is 2. The highest BCUT2D eigenvalue weighted by Crippen LogP contribution is 2.27. The van der Waals surface area contributed by atoms with Gasteiger partial charge >= 0.3 is 0 Å². The third-order valence-corrected chi connectivity index (χ3v) is 2.82. The second kappa shape index (κ2) is 4.75. The summed E-state index contributed by atoms with van der Waals surface area (Å²) in [5.74, 6) is 0.304. The lowest BCUT2D eigenvalue weighted by molar-refractivity contribution is -0.137. The van der Waals surface area contributed by atoms with Crippen molar-refractivity contribution in [3.05, 3.63) is 0 Å². The summed E-state index contributed by atoms with van der Waals surface area (Å²) >= 11 is 0. The first kappa shape index (κ1) is 10.7. The van der Waals surface area contributed by atoms with E-state index in [9.17, 15) is 4.79 Å². The predicted octanol–water partition coefficient (Wildman–Crippen LogP) is 2.70. The zero-order valence-electron chi connectivity index (χ0n) is 8.77. The van der Waals surface area contributed by atoms with Gasteiger partial charge < -0.3 is 4.74 Å². The van der Waals surface area contributed by atoms with Gasteiger partial charge in [-0.2, -0.15) is 0 Å². The van der Waals surface area contributed by atoms with E-state index in [1.165, 1.54) is 6.42 Å². The van der Waals surface area contributed by atoms with E-state index in [-0.39, 0.29) is 0 Å². The van der Waals surface area contributed by atoms with E-state index in [1.54, 1.807) is 0 Å². The molecular formula is C11H20O2. The van der Waals surface area contributed by atoms with Crippen LogP contribution in [0, 0.1) is 0 Å². The van der Waals surface area contributed by atoms with Crippen molar-refractivity contribution in [3.8, 4) is 0 Å². The van der Waals surface area contributed by atoms with Crippen LogP contribution < -0.4 is 0 Å². The average Bonchev–Trinajstić information content (AvgIpc) is 2.54. The molecule has 0 radical (unpaired) electrons. The van der Waals surface area contributed by atoms with E-state index in [0.29, 0.717) is 12.2 Å². The van der Waals surface area contributed by atoms with Crippen LogP contribution in [0.4, 0.5) is 0 Å². The molecule has 1 heterocycles. The number of rotatable bonds is 5. The van der Waals surface area contributed by atoms with Crippen molar-refractivity contribution in [1.29, 1.82) is 0 Å². The first-order valence-electron chi connectivity index (χ1n) is 5.36. The predicted molar refractivity (Wildman–Crippen MR) is 52.7 cm³/mol. The average molecular weight is 184 g/mol. The minimum absolute atomic E-state index is 0.304. The number of hydrogen-bond acceptors (Lipinski definition) is 2. The van der Waals surface area contributed by atoms with Gasteiger partial charge in [0.05, 0.1) is 0 Å². The molecule has 13 heavy (non-hydrogen) atoms. The highest BCUT2D eigenvalue weighted by atomic mass is 16.5. The molecule has 76 valence electrons. The Kier molecular flexibility index (Phi) is 3.91. The van der Waals surface area contributed by atoms with Crippen LogP contribution in [0.3, 0.4) is 0 Å². The summed E-state index contributed by atoms with van der Waals surface area (Å²) in [4.78, 5) is 11.7. The molecule has 1 saturated heterocycles. The van der Waals surface area contributed by atoms with Crippen LogP contribution in [0.25, 0.3) is 0 Å². The maximum atomic E-state index is 11.7. The van der Waals surface area contributed by atoms with Crippen LogP contribution in [-0.2, 0) is 9.53 Å². The second-order valence-electron chi connectivity index (χ2n) is 4.06. The molecule has 2 heteroatoms. The molecule has 2 nitrogen and oxygen atoms in total.